The second kappa shape index (κ2) is 12.4. The van der Waals surface area contributed by atoms with E-state index >= 15 is 0 Å². The number of carboxylic acids is 1. The van der Waals surface area contributed by atoms with Crippen LogP contribution in [0.15, 0.2) is 24.3 Å². The molecule has 1 fully saturated rings. The Bertz CT molecular complexity index is 1220. The van der Waals surface area contributed by atoms with Crippen molar-refractivity contribution in [3.05, 3.63) is 58.9 Å². The zero-order chi connectivity index (χ0) is 28.0. The fourth-order valence-corrected chi connectivity index (χ4v) is 3.73. The van der Waals surface area contributed by atoms with E-state index in [0.29, 0.717) is 13.1 Å². The van der Waals surface area contributed by atoms with Crippen LogP contribution in [0.25, 0.3) is 0 Å². The molecule has 3 rings (SSSR count). The van der Waals surface area contributed by atoms with Crippen molar-refractivity contribution in [3.8, 4) is 5.75 Å². The van der Waals surface area contributed by atoms with Gasteiger partial charge in [0, 0.05) is 31.4 Å². The smallest absolute Gasteiger partial charge is 0.305 e. The van der Waals surface area contributed by atoms with Gasteiger partial charge in [0.25, 0.3) is 0 Å². The summed E-state index contributed by atoms with van der Waals surface area (Å²) in [4.78, 5) is 56.1. The van der Waals surface area contributed by atoms with E-state index in [4.69, 9.17) is 5.11 Å². The number of carbonyl (C=O) groups excluding carboxylic acids is 3. The number of halogens is 4. The second-order valence-corrected chi connectivity index (χ2v) is 8.57. The number of nitrogens with zero attached hydrogens (tertiary/aromatic N) is 3. The molecule has 1 unspecified atom stereocenters. The minimum absolute atomic E-state index is 0.00947. The van der Waals surface area contributed by atoms with Gasteiger partial charge in [-0.1, -0.05) is 6.07 Å². The van der Waals surface area contributed by atoms with Crippen LogP contribution in [0.1, 0.15) is 17.8 Å². The van der Waals surface area contributed by atoms with Gasteiger partial charge >= 0.3 is 5.97 Å². The number of amides is 2. The Balaban J connectivity index is 1.56. The maximum absolute atomic E-state index is 13.8. The van der Waals surface area contributed by atoms with E-state index in [-0.39, 0.29) is 25.1 Å². The topological polar surface area (TPSA) is 129 Å². The predicted molar refractivity (Wildman–Crippen MR) is 122 cm³/mol. The monoisotopic (exact) mass is 540 g/mol. The van der Waals surface area contributed by atoms with Gasteiger partial charge in [0.2, 0.25) is 23.4 Å². The molecule has 0 radical (unpaired) electrons. The minimum Gasteiger partial charge on any atom is -0.481 e. The molecular formula is C24H24F4N4O6. The Morgan fingerprint density at radius 2 is 1.82 bits per heavy atom. The first-order valence-electron chi connectivity index (χ1n) is 11.4. The highest BCUT2D eigenvalue weighted by Gasteiger charge is 2.30. The number of aryl methyl sites for hydroxylation is 1. The third-order valence-electron chi connectivity index (χ3n) is 5.60. The molecule has 1 aromatic carbocycles. The van der Waals surface area contributed by atoms with Crippen molar-refractivity contribution in [1.82, 2.24) is 20.1 Å². The van der Waals surface area contributed by atoms with E-state index in [1.54, 1.807) is 0 Å². The van der Waals surface area contributed by atoms with Crippen LogP contribution < -0.4 is 10.1 Å². The third-order valence-corrected chi connectivity index (χ3v) is 5.60. The van der Waals surface area contributed by atoms with Crippen LogP contribution in [0.5, 0.6) is 5.75 Å². The second-order valence-electron chi connectivity index (χ2n) is 8.57. The number of ketones is 1. The van der Waals surface area contributed by atoms with Gasteiger partial charge in [-0.25, -0.2) is 8.78 Å². The molecule has 1 aliphatic heterocycles. The van der Waals surface area contributed by atoms with Gasteiger partial charge in [-0.2, -0.15) is 8.78 Å². The highest BCUT2D eigenvalue weighted by Crippen LogP contribution is 2.26. The van der Waals surface area contributed by atoms with Crippen LogP contribution in [-0.2, 0) is 25.7 Å². The molecule has 1 aromatic heterocycles. The molecule has 0 spiro atoms. The van der Waals surface area contributed by atoms with Crippen LogP contribution >= 0.6 is 0 Å². The number of piperazine rings is 1. The lowest BCUT2D eigenvalue weighted by Gasteiger charge is -2.34. The van der Waals surface area contributed by atoms with Gasteiger partial charge in [0.05, 0.1) is 25.2 Å². The van der Waals surface area contributed by atoms with Gasteiger partial charge in [-0.15, -0.1) is 0 Å². The lowest BCUT2D eigenvalue weighted by Crippen LogP contribution is -2.54. The number of aromatic nitrogens is 1. The molecule has 0 saturated carbocycles. The number of hydrogen-bond donors (Lipinski definition) is 2. The molecule has 38 heavy (non-hydrogen) atoms. The number of pyridine rings is 1. The summed E-state index contributed by atoms with van der Waals surface area (Å²) < 4.78 is 58.7. The average molecular weight is 540 g/mol. The quantitative estimate of drug-likeness (QED) is 0.322. The van der Waals surface area contributed by atoms with Gasteiger partial charge in [0.15, 0.2) is 23.2 Å². The summed E-state index contributed by atoms with van der Waals surface area (Å²) in [5.41, 5.74) is 1.61. The normalized spacial score (nSPS) is 14.8. The molecule has 204 valence electrons. The van der Waals surface area contributed by atoms with Crippen molar-refractivity contribution < 1.29 is 46.6 Å². The average Bonchev–Trinajstić information content (AvgIpc) is 2.83. The Kier molecular flexibility index (Phi) is 9.34. The summed E-state index contributed by atoms with van der Waals surface area (Å²) in [6.07, 6.45) is -0.915. The Labute approximate surface area is 214 Å². The van der Waals surface area contributed by atoms with E-state index in [9.17, 15) is 36.7 Å². The maximum atomic E-state index is 13.8. The van der Waals surface area contributed by atoms with Crippen LogP contribution in [0.4, 0.5) is 17.6 Å². The third kappa shape index (κ3) is 7.47. The van der Waals surface area contributed by atoms with E-state index in [1.165, 1.54) is 4.90 Å². The number of nitrogens with one attached hydrogen (secondary N) is 1. The number of hydrogen-bond acceptors (Lipinski definition) is 7. The molecular weight excluding hydrogens is 516 g/mol. The summed E-state index contributed by atoms with van der Waals surface area (Å²) >= 11 is 0. The summed E-state index contributed by atoms with van der Waals surface area (Å²) in [7, 11) is 0. The van der Waals surface area contributed by atoms with Crippen molar-refractivity contribution in [2.45, 2.75) is 25.9 Å². The molecule has 1 atom stereocenters. The van der Waals surface area contributed by atoms with Gasteiger partial charge in [-0.05, 0) is 19.1 Å². The Morgan fingerprint density at radius 1 is 1.13 bits per heavy atom. The van der Waals surface area contributed by atoms with Crippen molar-refractivity contribution in [3.63, 3.8) is 0 Å². The summed E-state index contributed by atoms with van der Waals surface area (Å²) in [5, 5.41) is 11.2. The molecule has 2 aromatic rings. The summed E-state index contributed by atoms with van der Waals surface area (Å²) in [6, 6.07) is 3.77. The Morgan fingerprint density at radius 3 is 2.42 bits per heavy atom. The molecule has 1 saturated heterocycles. The van der Waals surface area contributed by atoms with E-state index in [0.717, 1.165) is 11.4 Å². The largest absolute Gasteiger partial charge is 0.481 e. The number of benzene rings is 1. The van der Waals surface area contributed by atoms with Crippen LogP contribution in [0, 0.1) is 30.2 Å². The number of aliphatic carboxylic acids is 1. The fraction of sp³-hybridized carbons (Fsp3) is 0.375. The van der Waals surface area contributed by atoms with Gasteiger partial charge < -0.3 is 20.1 Å². The molecule has 2 amide bonds. The molecule has 0 bridgehead atoms. The van der Waals surface area contributed by atoms with Crippen LogP contribution in [-0.4, -0.2) is 82.3 Å². The molecule has 0 aliphatic carbocycles. The van der Waals surface area contributed by atoms with Crippen molar-refractivity contribution in [2.24, 2.45) is 0 Å². The lowest BCUT2D eigenvalue weighted by atomic mass is 10.1. The molecule has 2 N–H and O–H groups in total. The highest BCUT2D eigenvalue weighted by molar-refractivity contribution is 5.94. The van der Waals surface area contributed by atoms with E-state index in [2.05, 4.69) is 15.0 Å². The number of ether oxygens (including phenoxy) is 1. The van der Waals surface area contributed by atoms with Crippen LogP contribution in [0.2, 0.25) is 0 Å². The van der Waals surface area contributed by atoms with Crippen molar-refractivity contribution in [2.75, 3.05) is 32.8 Å². The first kappa shape index (κ1) is 28.5. The SMILES string of the molecule is Cc1cccc(CN2CCN(CC(=O)NC(CC(=O)O)C(=O)COc3c(F)c(F)cc(F)c3F)C(=O)C2)n1. The zero-order valence-corrected chi connectivity index (χ0v) is 20.2. The number of carboxylic acid groups (broad SMARTS) is 1. The zero-order valence-electron chi connectivity index (χ0n) is 20.2. The van der Waals surface area contributed by atoms with Gasteiger partial charge in [0.1, 0.15) is 12.6 Å². The summed E-state index contributed by atoms with van der Waals surface area (Å²) in [5.74, 6) is -12.6. The minimum atomic E-state index is -1.88. The molecule has 1 aliphatic rings. The standard InChI is InChI=1S/C24H24F4N4O6/c1-13-3-2-4-14(29-13)9-31-5-6-32(20(35)11-31)10-19(34)30-17(8-21(36)37)18(33)12-38-24-22(27)15(25)7-16(26)23(24)28/h2-4,7,17H,5-6,8-12H2,1H3,(H,30,34)(H,36,37). The van der Waals surface area contributed by atoms with E-state index < -0.39 is 72.3 Å². The summed E-state index contributed by atoms with van der Waals surface area (Å²) in [6.45, 7) is 1.23. The molecule has 10 nitrogen and oxygen atoms in total. The van der Waals surface area contributed by atoms with E-state index in [1.807, 2.05) is 30.0 Å². The maximum Gasteiger partial charge on any atom is 0.305 e. The Hall–Kier alpha value is -4.07. The number of rotatable bonds is 11. The fourth-order valence-electron chi connectivity index (χ4n) is 3.73. The van der Waals surface area contributed by atoms with Crippen molar-refractivity contribution in [1.29, 1.82) is 0 Å². The number of carbonyl (C=O) groups is 4. The predicted octanol–water partition coefficient (Wildman–Crippen LogP) is 1.20. The molecule has 14 heteroatoms. The lowest BCUT2D eigenvalue weighted by molar-refractivity contribution is -0.143. The highest BCUT2D eigenvalue weighted by atomic mass is 19.2. The first-order valence-corrected chi connectivity index (χ1v) is 11.4. The molecule has 2 heterocycles. The van der Waals surface area contributed by atoms with Gasteiger partial charge in [-0.3, -0.25) is 29.1 Å². The first-order chi connectivity index (χ1) is 17.9. The van der Waals surface area contributed by atoms with Crippen LogP contribution in [0.3, 0.4) is 0 Å². The van der Waals surface area contributed by atoms with Crippen molar-refractivity contribution >= 4 is 23.6 Å². The number of Topliss-reactive ketones (excluding diaryl/α,β-unsaturated/α-hetero) is 1.